The summed E-state index contributed by atoms with van der Waals surface area (Å²) in [6, 6.07) is 16.1. The molecule has 0 radical (unpaired) electrons. The van der Waals surface area contributed by atoms with E-state index in [1.807, 2.05) is 31.2 Å². The number of benzene rings is 2. The predicted octanol–water partition coefficient (Wildman–Crippen LogP) is 4.22. The molecule has 0 aliphatic rings. The summed E-state index contributed by atoms with van der Waals surface area (Å²) >= 11 is 0. The molecule has 1 aromatic heterocycles. The normalized spacial score (nSPS) is 10.2. The van der Waals surface area contributed by atoms with Gasteiger partial charge in [-0.2, -0.15) is 0 Å². The van der Waals surface area contributed by atoms with Gasteiger partial charge in [0.1, 0.15) is 0 Å². The van der Waals surface area contributed by atoms with E-state index < -0.39 is 0 Å². The van der Waals surface area contributed by atoms with Gasteiger partial charge in [-0.25, -0.2) is 4.98 Å². The zero-order valence-electron chi connectivity index (χ0n) is 16.5. The van der Waals surface area contributed by atoms with E-state index in [2.05, 4.69) is 10.3 Å². The van der Waals surface area contributed by atoms with Crippen LogP contribution in [0.5, 0.6) is 28.9 Å². The molecule has 0 bridgehead atoms. The molecule has 0 atom stereocenters. The summed E-state index contributed by atoms with van der Waals surface area (Å²) in [6.45, 7) is 1.82. The highest BCUT2D eigenvalue weighted by atomic mass is 16.5. The maximum atomic E-state index is 12.1. The summed E-state index contributed by atoms with van der Waals surface area (Å²) in [4.78, 5) is 16.3. The van der Waals surface area contributed by atoms with Crippen LogP contribution >= 0.6 is 0 Å². The molecule has 0 aliphatic heterocycles. The third kappa shape index (κ3) is 5.38. The van der Waals surface area contributed by atoms with Gasteiger partial charge in [0.15, 0.2) is 29.6 Å². The Morgan fingerprint density at radius 3 is 2.38 bits per heavy atom. The average molecular weight is 394 g/mol. The Morgan fingerprint density at radius 1 is 0.931 bits per heavy atom. The van der Waals surface area contributed by atoms with Crippen LogP contribution in [0.4, 0.5) is 5.69 Å². The largest absolute Gasteiger partial charge is 0.493 e. The standard InChI is InChI=1S/C22H22N2O5/c1-15-8-10-19(20(12-15)27-3)29-22-11-9-16(13-23-22)24-21(25)14-28-18-7-5-4-6-17(18)26-2/h4-13H,14H2,1-3H3,(H,24,25). The SMILES string of the molecule is COc1ccccc1OCC(=O)Nc1ccc(Oc2ccc(C)cc2OC)nc1. The van der Waals surface area contributed by atoms with E-state index >= 15 is 0 Å². The molecule has 1 N–H and O–H groups in total. The zero-order chi connectivity index (χ0) is 20.6. The van der Waals surface area contributed by atoms with Crippen molar-refractivity contribution in [3.63, 3.8) is 0 Å². The second kappa shape index (κ2) is 9.45. The van der Waals surface area contributed by atoms with Crippen molar-refractivity contribution in [2.24, 2.45) is 0 Å². The van der Waals surface area contributed by atoms with Crippen LogP contribution in [-0.2, 0) is 4.79 Å². The molecule has 0 saturated heterocycles. The number of para-hydroxylation sites is 2. The molecule has 0 unspecified atom stereocenters. The number of hydrogen-bond acceptors (Lipinski definition) is 6. The minimum Gasteiger partial charge on any atom is -0.493 e. The minimum absolute atomic E-state index is 0.154. The van der Waals surface area contributed by atoms with Gasteiger partial charge in [0.2, 0.25) is 5.88 Å². The first kappa shape index (κ1) is 20.0. The van der Waals surface area contributed by atoms with E-state index in [-0.39, 0.29) is 12.5 Å². The molecule has 2 aromatic carbocycles. The number of pyridine rings is 1. The van der Waals surface area contributed by atoms with Crippen molar-refractivity contribution in [1.82, 2.24) is 4.98 Å². The number of hydrogen-bond donors (Lipinski definition) is 1. The van der Waals surface area contributed by atoms with Crippen molar-refractivity contribution in [1.29, 1.82) is 0 Å². The van der Waals surface area contributed by atoms with E-state index in [9.17, 15) is 4.79 Å². The van der Waals surface area contributed by atoms with E-state index in [1.165, 1.54) is 6.20 Å². The number of rotatable bonds is 8. The highest BCUT2D eigenvalue weighted by molar-refractivity contribution is 5.91. The molecule has 0 saturated carbocycles. The van der Waals surface area contributed by atoms with Gasteiger partial charge < -0.3 is 24.3 Å². The van der Waals surface area contributed by atoms with Gasteiger partial charge in [-0.1, -0.05) is 18.2 Å². The lowest BCUT2D eigenvalue weighted by molar-refractivity contribution is -0.118. The van der Waals surface area contributed by atoms with Crippen molar-refractivity contribution >= 4 is 11.6 Å². The second-order valence-corrected chi connectivity index (χ2v) is 6.13. The van der Waals surface area contributed by atoms with Crippen LogP contribution in [0.2, 0.25) is 0 Å². The molecule has 1 amide bonds. The molecule has 1 heterocycles. The Morgan fingerprint density at radius 2 is 1.69 bits per heavy atom. The number of methoxy groups -OCH3 is 2. The highest BCUT2D eigenvalue weighted by Gasteiger charge is 2.09. The van der Waals surface area contributed by atoms with Gasteiger partial charge in [0, 0.05) is 6.07 Å². The molecule has 7 nitrogen and oxygen atoms in total. The number of nitrogens with one attached hydrogen (secondary N) is 1. The fourth-order valence-electron chi connectivity index (χ4n) is 2.56. The van der Waals surface area contributed by atoms with Crippen LogP contribution < -0.4 is 24.3 Å². The van der Waals surface area contributed by atoms with Gasteiger partial charge in [0.25, 0.3) is 5.91 Å². The number of ether oxygens (including phenoxy) is 4. The summed E-state index contributed by atoms with van der Waals surface area (Å²) in [5.74, 6) is 2.32. The van der Waals surface area contributed by atoms with Crippen molar-refractivity contribution in [2.75, 3.05) is 26.1 Å². The Labute approximate surface area is 169 Å². The lowest BCUT2D eigenvalue weighted by Gasteiger charge is -2.11. The molecule has 3 aromatic rings. The maximum absolute atomic E-state index is 12.1. The van der Waals surface area contributed by atoms with E-state index in [1.54, 1.807) is 44.6 Å². The molecule has 0 fully saturated rings. The Kier molecular flexibility index (Phi) is 6.52. The molecular weight excluding hydrogens is 372 g/mol. The van der Waals surface area contributed by atoms with Crippen molar-refractivity contribution in [2.45, 2.75) is 6.92 Å². The summed E-state index contributed by atoms with van der Waals surface area (Å²) in [5.41, 5.74) is 1.59. The highest BCUT2D eigenvalue weighted by Crippen LogP contribution is 2.31. The van der Waals surface area contributed by atoms with Crippen LogP contribution in [0.3, 0.4) is 0 Å². The average Bonchev–Trinajstić information content (AvgIpc) is 2.75. The molecular formula is C22H22N2O5. The van der Waals surface area contributed by atoms with Crippen molar-refractivity contribution < 1.29 is 23.7 Å². The van der Waals surface area contributed by atoms with Gasteiger partial charge in [-0.15, -0.1) is 0 Å². The van der Waals surface area contributed by atoms with Crippen LogP contribution in [0, 0.1) is 6.92 Å². The van der Waals surface area contributed by atoms with Gasteiger partial charge >= 0.3 is 0 Å². The van der Waals surface area contributed by atoms with Gasteiger partial charge in [-0.05, 0) is 42.8 Å². The minimum atomic E-state index is -0.313. The number of amides is 1. The first-order chi connectivity index (χ1) is 14.1. The summed E-state index contributed by atoms with van der Waals surface area (Å²) in [5, 5.41) is 2.72. The second-order valence-electron chi connectivity index (χ2n) is 6.13. The number of aromatic nitrogens is 1. The van der Waals surface area contributed by atoms with E-state index in [4.69, 9.17) is 18.9 Å². The molecule has 3 rings (SSSR count). The third-order valence-electron chi connectivity index (χ3n) is 3.98. The topological polar surface area (TPSA) is 78.9 Å². The summed E-state index contributed by atoms with van der Waals surface area (Å²) in [6.07, 6.45) is 1.51. The fourth-order valence-corrected chi connectivity index (χ4v) is 2.56. The molecule has 0 spiro atoms. The Hall–Kier alpha value is -3.74. The number of aryl methyl sites for hydroxylation is 1. The Bertz CT molecular complexity index is 973. The predicted molar refractivity (Wildman–Crippen MR) is 109 cm³/mol. The van der Waals surface area contributed by atoms with Crippen LogP contribution in [-0.4, -0.2) is 31.7 Å². The van der Waals surface area contributed by atoms with E-state index in [0.29, 0.717) is 34.6 Å². The van der Waals surface area contributed by atoms with Crippen LogP contribution in [0.1, 0.15) is 5.56 Å². The lowest BCUT2D eigenvalue weighted by atomic mass is 10.2. The third-order valence-corrected chi connectivity index (χ3v) is 3.98. The zero-order valence-corrected chi connectivity index (χ0v) is 16.5. The smallest absolute Gasteiger partial charge is 0.262 e. The fraction of sp³-hybridized carbons (Fsp3) is 0.182. The van der Waals surface area contributed by atoms with E-state index in [0.717, 1.165) is 5.56 Å². The number of anilines is 1. The van der Waals surface area contributed by atoms with Crippen LogP contribution in [0.15, 0.2) is 60.8 Å². The molecule has 0 aliphatic carbocycles. The van der Waals surface area contributed by atoms with Crippen molar-refractivity contribution in [3.8, 4) is 28.9 Å². The maximum Gasteiger partial charge on any atom is 0.262 e. The number of nitrogens with zero attached hydrogens (tertiary/aromatic N) is 1. The molecule has 150 valence electrons. The van der Waals surface area contributed by atoms with Crippen LogP contribution in [0.25, 0.3) is 0 Å². The molecule has 29 heavy (non-hydrogen) atoms. The first-order valence-corrected chi connectivity index (χ1v) is 8.93. The van der Waals surface area contributed by atoms with Gasteiger partial charge in [0.05, 0.1) is 26.1 Å². The Balaban J connectivity index is 1.57. The van der Waals surface area contributed by atoms with Gasteiger partial charge in [-0.3, -0.25) is 4.79 Å². The summed E-state index contributed by atoms with van der Waals surface area (Å²) in [7, 11) is 3.13. The number of carbonyl (C=O) groups is 1. The number of carbonyl (C=O) groups excluding carboxylic acids is 1. The summed E-state index contributed by atoms with van der Waals surface area (Å²) < 4.78 is 21.8. The first-order valence-electron chi connectivity index (χ1n) is 8.93. The lowest BCUT2D eigenvalue weighted by Crippen LogP contribution is -2.20. The quantitative estimate of drug-likeness (QED) is 0.616. The molecule has 7 heteroatoms. The monoisotopic (exact) mass is 394 g/mol. The van der Waals surface area contributed by atoms with Crippen molar-refractivity contribution in [3.05, 3.63) is 66.4 Å².